The molecule has 120 valence electrons. The molecule has 1 N–H and O–H groups in total. The second-order valence-electron chi connectivity index (χ2n) is 7.05. The molecule has 0 unspecified atom stereocenters. The lowest BCUT2D eigenvalue weighted by Gasteiger charge is -2.27. The number of pyridine rings is 1. The van der Waals surface area contributed by atoms with Crippen LogP contribution in [0.2, 0.25) is 0 Å². The number of H-pyrrole nitrogens is 1. The Hall–Kier alpha value is -1.68. The molecule has 0 fully saturated rings. The topological polar surface area (TPSA) is 44.8 Å². The van der Waals surface area contributed by atoms with Crippen LogP contribution in [0.25, 0.3) is 0 Å². The van der Waals surface area contributed by atoms with Crippen molar-refractivity contribution in [3.63, 3.8) is 0 Å². The number of aromatic nitrogens is 3. The predicted molar refractivity (Wildman–Crippen MR) is 90.5 cm³/mol. The van der Waals surface area contributed by atoms with Gasteiger partial charge in [0.05, 0.1) is 5.69 Å². The Morgan fingerprint density at radius 1 is 1.18 bits per heavy atom. The minimum Gasteiger partial charge on any atom is -0.291 e. The Balaban J connectivity index is 2.11. The number of nitrogens with zero attached hydrogens (tertiary/aromatic N) is 3. The van der Waals surface area contributed by atoms with Crippen LogP contribution in [0.5, 0.6) is 0 Å². The minimum atomic E-state index is 0.0844. The molecule has 2 aromatic rings. The van der Waals surface area contributed by atoms with E-state index < -0.39 is 0 Å². The van der Waals surface area contributed by atoms with Gasteiger partial charge < -0.3 is 0 Å². The third kappa shape index (κ3) is 4.41. The molecule has 0 aliphatic rings. The van der Waals surface area contributed by atoms with Crippen LogP contribution in [0, 0.1) is 0 Å². The van der Waals surface area contributed by atoms with Gasteiger partial charge in [-0.3, -0.25) is 15.0 Å². The van der Waals surface area contributed by atoms with Crippen molar-refractivity contribution in [2.75, 3.05) is 0 Å². The average Bonchev–Trinajstić information content (AvgIpc) is 2.95. The standard InChI is InChI=1S/C18H28N4/c1-6-14(2)22(12-15-7-9-19-10-8-15)13-16-11-17(21-20-16)18(3,4)5/h7-11,14H,6,12-13H2,1-5H3,(H,20,21)/t14-/m1/s1. The van der Waals surface area contributed by atoms with Gasteiger partial charge in [0.25, 0.3) is 0 Å². The molecule has 2 aromatic heterocycles. The number of hydrogen-bond donors (Lipinski definition) is 1. The van der Waals surface area contributed by atoms with E-state index in [2.05, 4.69) is 72.9 Å². The monoisotopic (exact) mass is 300 g/mol. The lowest BCUT2D eigenvalue weighted by Crippen LogP contribution is -2.31. The largest absolute Gasteiger partial charge is 0.291 e. The first-order valence-electron chi connectivity index (χ1n) is 8.08. The summed E-state index contributed by atoms with van der Waals surface area (Å²) in [5.74, 6) is 0. The van der Waals surface area contributed by atoms with Crippen molar-refractivity contribution >= 4 is 0 Å². The van der Waals surface area contributed by atoms with Gasteiger partial charge in [0.2, 0.25) is 0 Å². The summed E-state index contributed by atoms with van der Waals surface area (Å²) in [6, 6.07) is 6.89. The maximum atomic E-state index is 4.47. The highest BCUT2D eigenvalue weighted by atomic mass is 15.2. The van der Waals surface area contributed by atoms with Crippen LogP contribution in [0.4, 0.5) is 0 Å². The first-order chi connectivity index (χ1) is 10.4. The van der Waals surface area contributed by atoms with E-state index in [4.69, 9.17) is 0 Å². The first-order valence-corrected chi connectivity index (χ1v) is 8.08. The third-order valence-electron chi connectivity index (χ3n) is 4.12. The molecule has 4 nitrogen and oxygen atoms in total. The van der Waals surface area contributed by atoms with Crippen LogP contribution in [0.1, 0.15) is 58.0 Å². The van der Waals surface area contributed by atoms with E-state index >= 15 is 0 Å². The molecule has 0 spiro atoms. The molecular weight excluding hydrogens is 272 g/mol. The predicted octanol–water partition coefficient (Wildman–Crippen LogP) is 3.90. The van der Waals surface area contributed by atoms with Crippen LogP contribution in [-0.2, 0) is 18.5 Å². The van der Waals surface area contributed by atoms with Crippen molar-refractivity contribution in [3.8, 4) is 0 Å². The quantitative estimate of drug-likeness (QED) is 0.880. The molecule has 0 bridgehead atoms. The van der Waals surface area contributed by atoms with Gasteiger partial charge in [0.15, 0.2) is 0 Å². The van der Waals surface area contributed by atoms with E-state index in [1.807, 2.05) is 12.4 Å². The van der Waals surface area contributed by atoms with Crippen molar-refractivity contribution in [2.45, 2.75) is 65.6 Å². The maximum Gasteiger partial charge on any atom is 0.0678 e. The average molecular weight is 300 g/mol. The highest BCUT2D eigenvalue weighted by Gasteiger charge is 2.19. The molecule has 0 saturated heterocycles. The number of rotatable bonds is 6. The molecule has 22 heavy (non-hydrogen) atoms. The summed E-state index contributed by atoms with van der Waals surface area (Å²) in [4.78, 5) is 6.58. The SMILES string of the molecule is CC[C@@H](C)N(Cc1ccncc1)Cc1cc(C(C)(C)C)n[nH]1. The Labute approximate surface area is 134 Å². The highest BCUT2D eigenvalue weighted by molar-refractivity contribution is 5.17. The molecule has 0 radical (unpaired) electrons. The Bertz CT molecular complexity index is 568. The van der Waals surface area contributed by atoms with E-state index in [9.17, 15) is 0 Å². The smallest absolute Gasteiger partial charge is 0.0678 e. The number of aromatic amines is 1. The summed E-state index contributed by atoms with van der Waals surface area (Å²) in [6.07, 6.45) is 4.85. The molecular formula is C18H28N4. The van der Waals surface area contributed by atoms with E-state index in [1.54, 1.807) is 0 Å². The highest BCUT2D eigenvalue weighted by Crippen LogP contribution is 2.21. The van der Waals surface area contributed by atoms with Crippen molar-refractivity contribution in [2.24, 2.45) is 0 Å². The van der Waals surface area contributed by atoms with Gasteiger partial charge in [-0.05, 0) is 37.1 Å². The zero-order valence-corrected chi connectivity index (χ0v) is 14.4. The first kappa shape index (κ1) is 16.7. The lowest BCUT2D eigenvalue weighted by molar-refractivity contribution is 0.184. The molecule has 2 rings (SSSR count). The Kier molecular flexibility index (Phi) is 5.35. The normalized spacial score (nSPS) is 13.5. The van der Waals surface area contributed by atoms with Gasteiger partial charge in [-0.1, -0.05) is 27.7 Å². The van der Waals surface area contributed by atoms with Crippen LogP contribution >= 0.6 is 0 Å². The van der Waals surface area contributed by atoms with Crippen LogP contribution in [-0.4, -0.2) is 26.1 Å². The summed E-state index contributed by atoms with van der Waals surface area (Å²) < 4.78 is 0. The van der Waals surface area contributed by atoms with Gasteiger partial charge in [0, 0.05) is 42.6 Å². The van der Waals surface area contributed by atoms with E-state index in [0.29, 0.717) is 6.04 Å². The fraction of sp³-hybridized carbons (Fsp3) is 0.556. The summed E-state index contributed by atoms with van der Waals surface area (Å²) in [6.45, 7) is 12.9. The molecule has 4 heteroatoms. The van der Waals surface area contributed by atoms with Crippen LogP contribution in [0.3, 0.4) is 0 Å². The van der Waals surface area contributed by atoms with Crippen molar-refractivity contribution in [3.05, 3.63) is 47.5 Å². The zero-order chi connectivity index (χ0) is 16.2. The van der Waals surface area contributed by atoms with Gasteiger partial charge in [-0.25, -0.2) is 0 Å². The summed E-state index contributed by atoms with van der Waals surface area (Å²) in [7, 11) is 0. The van der Waals surface area contributed by atoms with Gasteiger partial charge in [0.1, 0.15) is 0 Å². The van der Waals surface area contributed by atoms with Crippen LogP contribution in [0.15, 0.2) is 30.6 Å². The lowest BCUT2D eigenvalue weighted by atomic mass is 9.92. The molecule has 0 aliphatic heterocycles. The van der Waals surface area contributed by atoms with E-state index in [1.165, 1.54) is 11.3 Å². The Morgan fingerprint density at radius 2 is 1.86 bits per heavy atom. The number of hydrogen-bond acceptors (Lipinski definition) is 3. The molecule has 0 amide bonds. The fourth-order valence-electron chi connectivity index (χ4n) is 2.39. The van der Waals surface area contributed by atoms with Crippen molar-refractivity contribution in [1.29, 1.82) is 0 Å². The number of nitrogens with one attached hydrogen (secondary N) is 1. The summed E-state index contributed by atoms with van der Waals surface area (Å²) >= 11 is 0. The van der Waals surface area contributed by atoms with Gasteiger partial charge in [-0.2, -0.15) is 5.10 Å². The maximum absolute atomic E-state index is 4.47. The molecule has 0 saturated carbocycles. The second kappa shape index (κ2) is 7.05. The van der Waals surface area contributed by atoms with E-state index in [0.717, 1.165) is 25.2 Å². The summed E-state index contributed by atoms with van der Waals surface area (Å²) in [5.41, 5.74) is 3.68. The minimum absolute atomic E-state index is 0.0844. The zero-order valence-electron chi connectivity index (χ0n) is 14.4. The molecule has 0 aliphatic carbocycles. The Morgan fingerprint density at radius 3 is 2.41 bits per heavy atom. The third-order valence-corrected chi connectivity index (χ3v) is 4.12. The molecule has 2 heterocycles. The second-order valence-corrected chi connectivity index (χ2v) is 7.05. The van der Waals surface area contributed by atoms with Gasteiger partial charge in [-0.15, -0.1) is 0 Å². The van der Waals surface area contributed by atoms with Crippen molar-refractivity contribution in [1.82, 2.24) is 20.1 Å². The summed E-state index contributed by atoms with van der Waals surface area (Å²) in [5, 5.41) is 7.67. The van der Waals surface area contributed by atoms with Gasteiger partial charge >= 0.3 is 0 Å². The van der Waals surface area contributed by atoms with Crippen molar-refractivity contribution < 1.29 is 0 Å². The molecule has 1 atom stereocenters. The fourth-order valence-corrected chi connectivity index (χ4v) is 2.39. The molecule has 0 aromatic carbocycles. The van der Waals surface area contributed by atoms with E-state index in [-0.39, 0.29) is 5.41 Å². The van der Waals surface area contributed by atoms with Crippen LogP contribution < -0.4 is 0 Å².